The van der Waals surface area contributed by atoms with E-state index in [1.807, 2.05) is 18.7 Å². The largest absolute Gasteiger partial charge is 0.345 e. The Morgan fingerprint density at radius 3 is 2.00 bits per heavy atom. The van der Waals surface area contributed by atoms with Crippen molar-refractivity contribution in [1.29, 1.82) is 0 Å². The maximum atomic E-state index is 12.0. The Bertz CT molecular complexity index is 374. The van der Waals surface area contributed by atoms with E-state index in [0.717, 1.165) is 0 Å². The van der Waals surface area contributed by atoms with Crippen LogP contribution in [0.25, 0.3) is 0 Å². The summed E-state index contributed by atoms with van der Waals surface area (Å²) < 4.78 is 0. The molecule has 1 aliphatic heterocycles. The van der Waals surface area contributed by atoms with Crippen LogP contribution in [0.4, 0.5) is 0 Å². The molecule has 0 radical (unpaired) electrons. The number of ketones is 1. The van der Waals surface area contributed by atoms with Gasteiger partial charge in [-0.25, -0.2) is 0 Å². The zero-order valence-electron chi connectivity index (χ0n) is 12.8. The number of hydrogen-bond acceptors (Lipinski definition) is 4. The van der Waals surface area contributed by atoms with Gasteiger partial charge in [0.1, 0.15) is 0 Å². The molecule has 1 rings (SSSR count). The molecule has 0 spiro atoms. The predicted molar refractivity (Wildman–Crippen MR) is 76.1 cm³/mol. The van der Waals surface area contributed by atoms with Gasteiger partial charge in [0.05, 0.1) is 12.6 Å². The van der Waals surface area contributed by atoms with Gasteiger partial charge >= 0.3 is 0 Å². The summed E-state index contributed by atoms with van der Waals surface area (Å²) in [6.45, 7) is 9.86. The van der Waals surface area contributed by atoms with Crippen molar-refractivity contribution in [2.24, 2.45) is 5.92 Å². The van der Waals surface area contributed by atoms with E-state index in [-0.39, 0.29) is 30.1 Å². The van der Waals surface area contributed by atoms with Crippen molar-refractivity contribution >= 4 is 17.6 Å². The Kier molecular flexibility index (Phi) is 6.13. The molecule has 0 aromatic rings. The second-order valence-corrected chi connectivity index (χ2v) is 5.68. The minimum Gasteiger partial charge on any atom is -0.345 e. The Balaban J connectivity index is 2.40. The van der Waals surface area contributed by atoms with E-state index in [9.17, 15) is 14.4 Å². The molecule has 1 heterocycles. The van der Waals surface area contributed by atoms with Gasteiger partial charge in [0, 0.05) is 33.1 Å². The molecule has 1 atom stereocenters. The highest BCUT2D eigenvalue weighted by molar-refractivity contribution is 5.88. The molecule has 0 aromatic heterocycles. The van der Waals surface area contributed by atoms with Crippen molar-refractivity contribution in [2.45, 2.75) is 33.7 Å². The van der Waals surface area contributed by atoms with E-state index in [0.29, 0.717) is 26.2 Å². The smallest absolute Gasteiger partial charge is 0.234 e. The summed E-state index contributed by atoms with van der Waals surface area (Å²) >= 11 is 0. The Morgan fingerprint density at radius 2 is 1.60 bits per heavy atom. The number of nitrogens with zero attached hydrogens (tertiary/aromatic N) is 2. The summed E-state index contributed by atoms with van der Waals surface area (Å²) in [4.78, 5) is 38.4. The highest BCUT2D eigenvalue weighted by atomic mass is 16.2. The maximum absolute atomic E-state index is 12.0. The number of piperazine rings is 1. The number of Topliss-reactive ketones (excluding diaryl/α,β-unsaturated/α-hetero) is 1. The van der Waals surface area contributed by atoms with Gasteiger partial charge in [-0.1, -0.05) is 13.8 Å². The highest BCUT2D eigenvalue weighted by Gasteiger charge is 2.24. The second kappa shape index (κ2) is 7.38. The summed E-state index contributed by atoms with van der Waals surface area (Å²) in [5.41, 5.74) is 0. The lowest BCUT2D eigenvalue weighted by molar-refractivity contribution is -0.132. The number of carbonyl (C=O) groups excluding carboxylic acids is 3. The molecule has 2 amide bonds. The average molecular weight is 283 g/mol. The fourth-order valence-corrected chi connectivity index (χ4v) is 2.38. The van der Waals surface area contributed by atoms with Gasteiger partial charge in [-0.05, 0) is 12.8 Å². The van der Waals surface area contributed by atoms with Crippen LogP contribution in [-0.2, 0) is 14.4 Å². The molecule has 1 aliphatic rings. The molecule has 0 aromatic carbocycles. The Morgan fingerprint density at radius 1 is 1.05 bits per heavy atom. The van der Waals surface area contributed by atoms with Gasteiger partial charge in [0.25, 0.3) is 0 Å². The molecule has 0 bridgehead atoms. The molecule has 114 valence electrons. The first kappa shape index (κ1) is 16.6. The fourth-order valence-electron chi connectivity index (χ4n) is 2.38. The van der Waals surface area contributed by atoms with Gasteiger partial charge in [0.2, 0.25) is 11.8 Å². The molecule has 6 heteroatoms. The molecule has 20 heavy (non-hydrogen) atoms. The van der Waals surface area contributed by atoms with E-state index in [4.69, 9.17) is 0 Å². The van der Waals surface area contributed by atoms with Crippen molar-refractivity contribution in [3.05, 3.63) is 0 Å². The predicted octanol–water partition coefficient (Wildman–Crippen LogP) is -0.120. The standard InChI is InChI=1S/C14H25N3O3/c1-10(2)14(11(3)18)15-13(20)9-16-5-7-17(8-6-16)12(4)19/h10,14H,5-9H2,1-4H3,(H,15,20). The van der Waals surface area contributed by atoms with Gasteiger partial charge < -0.3 is 10.2 Å². The summed E-state index contributed by atoms with van der Waals surface area (Å²) in [7, 11) is 0. The van der Waals surface area contributed by atoms with E-state index in [1.54, 1.807) is 11.8 Å². The van der Waals surface area contributed by atoms with Gasteiger partial charge in [-0.3, -0.25) is 19.3 Å². The third kappa shape index (κ3) is 4.92. The van der Waals surface area contributed by atoms with Gasteiger partial charge in [-0.15, -0.1) is 0 Å². The summed E-state index contributed by atoms with van der Waals surface area (Å²) in [6.07, 6.45) is 0. The molecule has 6 nitrogen and oxygen atoms in total. The topological polar surface area (TPSA) is 69.7 Å². The number of nitrogens with one attached hydrogen (secondary N) is 1. The molecular formula is C14H25N3O3. The fraction of sp³-hybridized carbons (Fsp3) is 0.786. The Labute approximate surface area is 120 Å². The lowest BCUT2D eigenvalue weighted by Gasteiger charge is -2.34. The molecule has 1 unspecified atom stereocenters. The van der Waals surface area contributed by atoms with Gasteiger partial charge in [0.15, 0.2) is 5.78 Å². The molecule has 1 saturated heterocycles. The molecular weight excluding hydrogens is 258 g/mol. The third-order valence-electron chi connectivity index (χ3n) is 3.61. The van der Waals surface area contributed by atoms with Crippen LogP contribution >= 0.6 is 0 Å². The second-order valence-electron chi connectivity index (χ2n) is 5.68. The molecule has 0 aliphatic carbocycles. The van der Waals surface area contributed by atoms with Crippen molar-refractivity contribution in [3.8, 4) is 0 Å². The van der Waals surface area contributed by atoms with E-state index in [1.165, 1.54) is 6.92 Å². The zero-order chi connectivity index (χ0) is 15.3. The lowest BCUT2D eigenvalue weighted by Crippen LogP contribution is -2.52. The van der Waals surface area contributed by atoms with Crippen LogP contribution in [0.5, 0.6) is 0 Å². The summed E-state index contributed by atoms with van der Waals surface area (Å²) in [6, 6.07) is -0.416. The number of rotatable bonds is 5. The number of carbonyl (C=O) groups is 3. The summed E-state index contributed by atoms with van der Waals surface area (Å²) in [5.74, 6) is 0.0153. The zero-order valence-corrected chi connectivity index (χ0v) is 12.8. The van der Waals surface area contributed by atoms with Crippen LogP contribution in [0.2, 0.25) is 0 Å². The quantitative estimate of drug-likeness (QED) is 0.764. The molecule has 1 fully saturated rings. The first-order chi connectivity index (χ1) is 9.31. The van der Waals surface area contributed by atoms with Crippen molar-refractivity contribution in [2.75, 3.05) is 32.7 Å². The SMILES string of the molecule is CC(=O)C(NC(=O)CN1CCN(C(C)=O)CC1)C(C)C. The monoisotopic (exact) mass is 283 g/mol. The first-order valence-electron chi connectivity index (χ1n) is 7.09. The van der Waals surface area contributed by atoms with Crippen LogP contribution in [-0.4, -0.2) is 66.2 Å². The summed E-state index contributed by atoms with van der Waals surface area (Å²) in [5, 5.41) is 2.79. The Hall–Kier alpha value is -1.43. The van der Waals surface area contributed by atoms with Crippen LogP contribution in [0.15, 0.2) is 0 Å². The maximum Gasteiger partial charge on any atom is 0.234 e. The molecule has 0 saturated carbocycles. The van der Waals surface area contributed by atoms with Crippen LogP contribution in [0.3, 0.4) is 0 Å². The molecule has 1 N–H and O–H groups in total. The highest BCUT2D eigenvalue weighted by Crippen LogP contribution is 2.04. The van der Waals surface area contributed by atoms with Crippen LogP contribution < -0.4 is 5.32 Å². The third-order valence-corrected chi connectivity index (χ3v) is 3.61. The van der Waals surface area contributed by atoms with E-state index >= 15 is 0 Å². The van der Waals surface area contributed by atoms with Crippen molar-refractivity contribution in [1.82, 2.24) is 15.1 Å². The van der Waals surface area contributed by atoms with E-state index < -0.39 is 6.04 Å². The van der Waals surface area contributed by atoms with Crippen molar-refractivity contribution in [3.63, 3.8) is 0 Å². The van der Waals surface area contributed by atoms with E-state index in [2.05, 4.69) is 5.32 Å². The van der Waals surface area contributed by atoms with Crippen LogP contribution in [0, 0.1) is 5.92 Å². The number of amides is 2. The minimum atomic E-state index is -0.416. The first-order valence-corrected chi connectivity index (χ1v) is 7.09. The van der Waals surface area contributed by atoms with Crippen molar-refractivity contribution < 1.29 is 14.4 Å². The number of hydrogen-bond donors (Lipinski definition) is 1. The lowest BCUT2D eigenvalue weighted by atomic mass is 10.0. The minimum absolute atomic E-state index is 0.0188. The van der Waals surface area contributed by atoms with Gasteiger partial charge in [-0.2, -0.15) is 0 Å². The normalized spacial score (nSPS) is 17.9. The van der Waals surface area contributed by atoms with Crippen LogP contribution in [0.1, 0.15) is 27.7 Å². The average Bonchev–Trinajstić information content (AvgIpc) is 2.35.